The summed E-state index contributed by atoms with van der Waals surface area (Å²) in [7, 11) is 0. The predicted octanol–water partition coefficient (Wildman–Crippen LogP) is 4.00. The van der Waals surface area contributed by atoms with Gasteiger partial charge in [0.25, 0.3) is 5.91 Å². The molecular weight excluding hydrogens is 407 g/mol. The minimum Gasteiger partial charge on any atom is -0.463 e. The van der Waals surface area contributed by atoms with Crippen LogP contribution in [0, 0.1) is 17.1 Å². The number of anilines is 1. The van der Waals surface area contributed by atoms with Crippen molar-refractivity contribution in [2.24, 2.45) is 0 Å². The number of amides is 1. The van der Waals surface area contributed by atoms with Gasteiger partial charge in [0.05, 0.1) is 10.9 Å². The number of hydrogen-bond acceptors (Lipinski definition) is 7. The summed E-state index contributed by atoms with van der Waals surface area (Å²) >= 11 is 0.957. The Morgan fingerprint density at radius 2 is 1.93 bits per heavy atom. The highest BCUT2D eigenvalue weighted by atomic mass is 32.1. The van der Waals surface area contributed by atoms with Gasteiger partial charge in [-0.05, 0) is 30.3 Å². The van der Waals surface area contributed by atoms with Crippen molar-refractivity contribution in [3.05, 3.63) is 82.0 Å². The van der Waals surface area contributed by atoms with E-state index in [0.717, 1.165) is 17.4 Å². The maximum atomic E-state index is 13.9. The van der Waals surface area contributed by atoms with Gasteiger partial charge < -0.3 is 4.42 Å². The summed E-state index contributed by atoms with van der Waals surface area (Å²) in [5.74, 6) is -1.24. The van der Waals surface area contributed by atoms with E-state index in [2.05, 4.69) is 15.5 Å². The monoisotopic (exact) mass is 418 g/mol. The minimum atomic E-state index is -0.777. The highest BCUT2D eigenvalue weighted by Gasteiger charge is 2.16. The van der Waals surface area contributed by atoms with E-state index in [9.17, 15) is 19.2 Å². The molecule has 146 valence electrons. The number of para-hydroxylation sites is 1. The van der Waals surface area contributed by atoms with Crippen molar-refractivity contribution in [2.45, 2.75) is 0 Å². The first kappa shape index (κ1) is 19.2. The van der Waals surface area contributed by atoms with Crippen LogP contribution in [0.3, 0.4) is 0 Å². The van der Waals surface area contributed by atoms with E-state index >= 15 is 0 Å². The van der Waals surface area contributed by atoms with Crippen molar-refractivity contribution < 1.29 is 13.6 Å². The van der Waals surface area contributed by atoms with E-state index in [1.54, 1.807) is 48.5 Å². The Hall–Kier alpha value is -4.16. The third kappa shape index (κ3) is 3.72. The molecule has 0 saturated carbocycles. The molecule has 0 spiro atoms. The summed E-state index contributed by atoms with van der Waals surface area (Å²) in [6, 6.07) is 14.5. The third-order valence-electron chi connectivity index (χ3n) is 4.12. The molecule has 1 amide bonds. The summed E-state index contributed by atoms with van der Waals surface area (Å²) in [6.07, 6.45) is 2.34. The molecule has 2 aromatic heterocycles. The van der Waals surface area contributed by atoms with Crippen molar-refractivity contribution in [3.63, 3.8) is 0 Å². The second kappa shape index (κ2) is 8.06. The zero-order valence-corrected chi connectivity index (χ0v) is 15.9. The molecule has 0 fully saturated rings. The second-order valence-corrected chi connectivity index (χ2v) is 7.01. The first-order valence-electron chi connectivity index (χ1n) is 8.59. The summed E-state index contributed by atoms with van der Waals surface area (Å²) in [5, 5.41) is 20.2. The molecule has 2 aromatic carbocycles. The van der Waals surface area contributed by atoms with Crippen LogP contribution in [0.1, 0.15) is 5.56 Å². The molecule has 4 rings (SSSR count). The molecule has 0 unspecified atom stereocenters. The van der Waals surface area contributed by atoms with E-state index in [4.69, 9.17) is 4.42 Å². The van der Waals surface area contributed by atoms with Gasteiger partial charge in [-0.3, -0.25) is 14.9 Å². The molecule has 0 saturated heterocycles. The Kier molecular flexibility index (Phi) is 5.15. The maximum Gasteiger partial charge on any atom is 0.268 e. The number of hydrogen-bond donors (Lipinski definition) is 1. The average Bonchev–Trinajstić information content (AvgIpc) is 3.22. The highest BCUT2D eigenvalue weighted by molar-refractivity contribution is 7.18. The Balaban J connectivity index is 1.60. The van der Waals surface area contributed by atoms with E-state index < -0.39 is 11.7 Å². The molecule has 30 heavy (non-hydrogen) atoms. The van der Waals surface area contributed by atoms with Crippen molar-refractivity contribution in [1.29, 1.82) is 5.26 Å². The summed E-state index contributed by atoms with van der Waals surface area (Å²) < 4.78 is 19.3. The van der Waals surface area contributed by atoms with Crippen LogP contribution in [0.5, 0.6) is 0 Å². The minimum absolute atomic E-state index is 0.0599. The van der Waals surface area contributed by atoms with Crippen LogP contribution in [-0.4, -0.2) is 16.1 Å². The Bertz CT molecular complexity index is 1400. The lowest BCUT2D eigenvalue weighted by molar-refractivity contribution is -0.112. The fourth-order valence-electron chi connectivity index (χ4n) is 2.68. The van der Waals surface area contributed by atoms with Crippen LogP contribution in [-0.2, 0) is 4.79 Å². The largest absolute Gasteiger partial charge is 0.463 e. The van der Waals surface area contributed by atoms with Crippen LogP contribution in [0.25, 0.3) is 27.6 Å². The third-order valence-corrected chi connectivity index (χ3v) is 4.99. The number of rotatable bonds is 4. The second-order valence-electron chi connectivity index (χ2n) is 6.03. The SMILES string of the molecule is N#C/C(=C/c1coc2ccccc2c1=O)C(=O)Nc1nnc(-c2ccccc2F)s1. The number of aromatic nitrogens is 2. The molecular formula is C21H11FN4O3S. The number of benzene rings is 2. The van der Waals surface area contributed by atoms with Gasteiger partial charge in [-0.2, -0.15) is 5.26 Å². The molecule has 0 aliphatic rings. The number of nitrogens with one attached hydrogen (secondary N) is 1. The molecule has 7 nitrogen and oxygen atoms in total. The zero-order chi connectivity index (χ0) is 21.1. The van der Waals surface area contributed by atoms with Gasteiger partial charge in [-0.25, -0.2) is 4.39 Å². The van der Waals surface area contributed by atoms with Gasteiger partial charge in [-0.15, -0.1) is 10.2 Å². The van der Waals surface area contributed by atoms with Crippen molar-refractivity contribution in [3.8, 4) is 16.6 Å². The Morgan fingerprint density at radius 1 is 1.17 bits per heavy atom. The van der Waals surface area contributed by atoms with E-state index in [-0.39, 0.29) is 32.3 Å². The first-order chi connectivity index (χ1) is 14.6. The number of carbonyl (C=O) groups is 1. The van der Waals surface area contributed by atoms with Gasteiger partial charge in [-0.1, -0.05) is 35.6 Å². The molecule has 4 aromatic rings. The van der Waals surface area contributed by atoms with Crippen LogP contribution in [0.4, 0.5) is 9.52 Å². The van der Waals surface area contributed by atoms with Crippen molar-refractivity contribution >= 4 is 39.4 Å². The van der Waals surface area contributed by atoms with Crippen molar-refractivity contribution in [1.82, 2.24) is 10.2 Å². The first-order valence-corrected chi connectivity index (χ1v) is 9.40. The lowest BCUT2D eigenvalue weighted by Gasteiger charge is -2.01. The Morgan fingerprint density at radius 3 is 2.73 bits per heavy atom. The Labute approximate surface area is 172 Å². The molecule has 2 heterocycles. The van der Waals surface area contributed by atoms with Crippen molar-refractivity contribution in [2.75, 3.05) is 5.32 Å². The van der Waals surface area contributed by atoms with Gasteiger partial charge in [0.1, 0.15) is 29.3 Å². The van der Waals surface area contributed by atoms with Gasteiger partial charge >= 0.3 is 0 Å². The van der Waals surface area contributed by atoms with Gasteiger partial charge in [0.15, 0.2) is 10.4 Å². The molecule has 0 aliphatic heterocycles. The molecule has 0 atom stereocenters. The quantitative estimate of drug-likeness (QED) is 0.396. The van der Waals surface area contributed by atoms with Gasteiger partial charge in [0, 0.05) is 5.56 Å². The van der Waals surface area contributed by atoms with E-state index in [1.807, 2.05) is 0 Å². The van der Waals surface area contributed by atoms with Crippen LogP contribution in [0.2, 0.25) is 0 Å². The normalized spacial score (nSPS) is 11.3. The number of carbonyl (C=O) groups excluding carboxylic acids is 1. The number of fused-ring (bicyclic) bond motifs is 1. The van der Waals surface area contributed by atoms with Crippen LogP contribution < -0.4 is 10.7 Å². The lowest BCUT2D eigenvalue weighted by atomic mass is 10.1. The fourth-order valence-corrected chi connectivity index (χ4v) is 3.44. The average molecular weight is 418 g/mol. The molecule has 0 bridgehead atoms. The lowest BCUT2D eigenvalue weighted by Crippen LogP contribution is -2.14. The van der Waals surface area contributed by atoms with E-state index in [0.29, 0.717) is 11.0 Å². The highest BCUT2D eigenvalue weighted by Crippen LogP contribution is 2.28. The molecule has 0 aliphatic carbocycles. The number of halogens is 1. The summed E-state index contributed by atoms with van der Waals surface area (Å²) in [6.45, 7) is 0. The standard InChI is InChI=1S/C21H11FN4O3S/c22-16-7-3-1-5-14(16)20-25-26-21(30-20)24-19(28)12(10-23)9-13-11-29-17-8-4-2-6-15(17)18(13)27/h1-9,11H,(H,24,26,28)/b12-9-. The molecule has 1 N–H and O–H groups in total. The van der Waals surface area contributed by atoms with Gasteiger partial charge in [0.2, 0.25) is 5.13 Å². The zero-order valence-electron chi connectivity index (χ0n) is 15.1. The van der Waals surface area contributed by atoms with E-state index in [1.165, 1.54) is 12.3 Å². The molecule has 9 heteroatoms. The van der Waals surface area contributed by atoms with Crippen LogP contribution in [0.15, 0.2) is 69.6 Å². The number of nitriles is 1. The maximum absolute atomic E-state index is 13.9. The topological polar surface area (TPSA) is 109 Å². The smallest absolute Gasteiger partial charge is 0.268 e. The summed E-state index contributed by atoms with van der Waals surface area (Å²) in [4.78, 5) is 25.0. The number of nitrogens with zero attached hydrogens (tertiary/aromatic N) is 3. The summed E-state index contributed by atoms with van der Waals surface area (Å²) in [5.41, 5.74) is 0.0255. The molecule has 0 radical (unpaired) electrons. The fraction of sp³-hybridized carbons (Fsp3) is 0. The predicted molar refractivity (Wildman–Crippen MR) is 110 cm³/mol. The van der Waals surface area contributed by atoms with Crippen LogP contribution >= 0.6 is 11.3 Å².